The highest BCUT2D eigenvalue weighted by molar-refractivity contribution is 5.94. The lowest BCUT2D eigenvalue weighted by molar-refractivity contribution is -0.132. The Kier molecular flexibility index (Phi) is 7.25. The summed E-state index contributed by atoms with van der Waals surface area (Å²) in [7, 11) is 3.63. The van der Waals surface area contributed by atoms with E-state index in [9.17, 15) is 9.59 Å². The number of hydrogen-bond acceptors (Lipinski definition) is 4. The first-order chi connectivity index (χ1) is 12.0. The third kappa shape index (κ3) is 5.46. The van der Waals surface area contributed by atoms with Crippen molar-refractivity contribution < 1.29 is 14.3 Å². The number of carbonyl (C=O) groups is 2. The number of ether oxygens (including phenoxy) is 1. The lowest BCUT2D eigenvalue weighted by Gasteiger charge is -2.35. The third-order valence-electron chi connectivity index (χ3n) is 4.55. The molecule has 1 aromatic carbocycles. The van der Waals surface area contributed by atoms with Crippen molar-refractivity contribution in [1.29, 1.82) is 0 Å². The number of benzene rings is 1. The largest absolute Gasteiger partial charge is 0.497 e. The number of amides is 2. The number of hydrogen-bond donors (Lipinski definition) is 0. The van der Waals surface area contributed by atoms with Crippen LogP contribution in [0.5, 0.6) is 5.75 Å². The molecular formula is C19H29N3O3. The number of rotatable bonds is 7. The predicted octanol–water partition coefficient (Wildman–Crippen LogP) is 1.71. The summed E-state index contributed by atoms with van der Waals surface area (Å²) in [5.41, 5.74) is 0.625. The van der Waals surface area contributed by atoms with Gasteiger partial charge in [0.05, 0.1) is 7.11 Å². The van der Waals surface area contributed by atoms with E-state index in [1.807, 2.05) is 29.0 Å². The van der Waals surface area contributed by atoms with Crippen LogP contribution < -0.4 is 4.74 Å². The van der Waals surface area contributed by atoms with Crippen LogP contribution in [0.15, 0.2) is 24.3 Å². The first-order valence-electron chi connectivity index (χ1n) is 8.94. The quantitative estimate of drug-likeness (QED) is 0.753. The Hall–Kier alpha value is -2.08. The molecule has 0 saturated carbocycles. The predicted molar refractivity (Wildman–Crippen MR) is 97.9 cm³/mol. The summed E-state index contributed by atoms with van der Waals surface area (Å²) < 4.78 is 5.18. The van der Waals surface area contributed by atoms with Crippen LogP contribution >= 0.6 is 0 Å². The van der Waals surface area contributed by atoms with Gasteiger partial charge in [0, 0.05) is 44.7 Å². The molecule has 1 aromatic rings. The van der Waals surface area contributed by atoms with Crippen LogP contribution in [-0.2, 0) is 4.79 Å². The molecule has 2 rings (SSSR count). The van der Waals surface area contributed by atoms with Crippen molar-refractivity contribution in [2.75, 3.05) is 53.4 Å². The molecule has 0 spiro atoms. The monoisotopic (exact) mass is 347 g/mol. The highest BCUT2D eigenvalue weighted by Gasteiger charge is 2.24. The summed E-state index contributed by atoms with van der Waals surface area (Å²) in [6.07, 6.45) is 1.63. The average Bonchev–Trinajstić information content (AvgIpc) is 2.66. The van der Waals surface area contributed by atoms with Gasteiger partial charge in [-0.2, -0.15) is 0 Å². The Labute approximate surface area is 150 Å². The summed E-state index contributed by atoms with van der Waals surface area (Å²) in [5.74, 6) is 0.848. The van der Waals surface area contributed by atoms with Crippen LogP contribution in [0.1, 0.15) is 30.1 Å². The molecule has 1 aliphatic heterocycles. The Morgan fingerprint density at radius 1 is 1.12 bits per heavy atom. The van der Waals surface area contributed by atoms with Gasteiger partial charge in [-0.3, -0.25) is 9.59 Å². The first-order valence-corrected chi connectivity index (χ1v) is 8.94. The number of nitrogens with zero attached hydrogens (tertiary/aromatic N) is 3. The molecule has 6 nitrogen and oxygen atoms in total. The molecule has 0 N–H and O–H groups in total. The van der Waals surface area contributed by atoms with Gasteiger partial charge < -0.3 is 19.4 Å². The van der Waals surface area contributed by atoms with Gasteiger partial charge in [-0.05, 0) is 38.2 Å². The maximum absolute atomic E-state index is 12.6. The molecule has 6 heteroatoms. The van der Waals surface area contributed by atoms with Crippen molar-refractivity contribution in [3.8, 4) is 5.75 Å². The van der Waals surface area contributed by atoms with E-state index in [1.165, 1.54) is 0 Å². The van der Waals surface area contributed by atoms with Crippen LogP contribution in [0, 0.1) is 0 Å². The van der Waals surface area contributed by atoms with Crippen LogP contribution in [0.4, 0.5) is 0 Å². The average molecular weight is 347 g/mol. The zero-order valence-corrected chi connectivity index (χ0v) is 15.5. The fraction of sp³-hybridized carbons (Fsp3) is 0.579. The molecular weight excluding hydrogens is 318 g/mol. The van der Waals surface area contributed by atoms with Crippen molar-refractivity contribution in [1.82, 2.24) is 14.7 Å². The molecule has 2 amide bonds. The van der Waals surface area contributed by atoms with E-state index in [0.717, 1.165) is 19.5 Å². The van der Waals surface area contributed by atoms with Crippen LogP contribution in [-0.4, -0.2) is 79.9 Å². The minimum absolute atomic E-state index is 0.00585. The number of methoxy groups -OCH3 is 1. The molecule has 1 fully saturated rings. The second-order valence-electron chi connectivity index (χ2n) is 6.46. The molecule has 0 bridgehead atoms. The first kappa shape index (κ1) is 19.2. The fourth-order valence-electron chi connectivity index (χ4n) is 3.04. The minimum Gasteiger partial charge on any atom is -0.497 e. The van der Waals surface area contributed by atoms with E-state index in [1.54, 1.807) is 19.2 Å². The molecule has 0 unspecified atom stereocenters. The molecule has 25 heavy (non-hydrogen) atoms. The van der Waals surface area contributed by atoms with Gasteiger partial charge in [-0.1, -0.05) is 13.0 Å². The van der Waals surface area contributed by atoms with Gasteiger partial charge >= 0.3 is 0 Å². The van der Waals surface area contributed by atoms with Gasteiger partial charge in [0.25, 0.3) is 5.91 Å². The number of piperazine rings is 1. The van der Waals surface area contributed by atoms with Crippen molar-refractivity contribution >= 4 is 11.8 Å². The molecule has 0 aliphatic carbocycles. The summed E-state index contributed by atoms with van der Waals surface area (Å²) in [6, 6.07) is 7.19. The number of carbonyl (C=O) groups excluding carboxylic acids is 2. The summed E-state index contributed by atoms with van der Waals surface area (Å²) in [6.45, 7) is 6.29. The second kappa shape index (κ2) is 9.42. The van der Waals surface area contributed by atoms with E-state index in [4.69, 9.17) is 4.74 Å². The highest BCUT2D eigenvalue weighted by Crippen LogP contribution is 2.15. The zero-order valence-electron chi connectivity index (χ0n) is 15.5. The summed E-state index contributed by atoms with van der Waals surface area (Å²) in [5, 5.41) is 0. The summed E-state index contributed by atoms with van der Waals surface area (Å²) in [4.78, 5) is 30.8. The Morgan fingerprint density at radius 3 is 2.44 bits per heavy atom. The van der Waals surface area contributed by atoms with E-state index in [2.05, 4.69) is 11.8 Å². The summed E-state index contributed by atoms with van der Waals surface area (Å²) >= 11 is 0. The SMILES string of the molecule is CCCN(C)CCC(=O)N1CCN(C(=O)c2cccc(OC)c2)CC1. The van der Waals surface area contributed by atoms with E-state index < -0.39 is 0 Å². The standard InChI is InChI=1S/C19H29N3O3/c1-4-9-20(2)10-8-18(23)21-11-13-22(14-12-21)19(24)16-6-5-7-17(15-16)25-3/h5-7,15H,4,8-14H2,1-3H3. The van der Waals surface area contributed by atoms with Crippen LogP contribution in [0.2, 0.25) is 0 Å². The maximum Gasteiger partial charge on any atom is 0.254 e. The molecule has 1 aliphatic rings. The van der Waals surface area contributed by atoms with E-state index in [-0.39, 0.29) is 11.8 Å². The smallest absolute Gasteiger partial charge is 0.254 e. The normalized spacial score (nSPS) is 14.7. The molecule has 138 valence electrons. The molecule has 0 atom stereocenters. The van der Waals surface area contributed by atoms with Crippen molar-refractivity contribution in [3.05, 3.63) is 29.8 Å². The lowest BCUT2D eigenvalue weighted by atomic mass is 10.1. The lowest BCUT2D eigenvalue weighted by Crippen LogP contribution is -2.51. The van der Waals surface area contributed by atoms with Crippen molar-refractivity contribution in [2.45, 2.75) is 19.8 Å². The van der Waals surface area contributed by atoms with Crippen LogP contribution in [0.25, 0.3) is 0 Å². The van der Waals surface area contributed by atoms with Crippen LogP contribution in [0.3, 0.4) is 0 Å². The molecule has 0 radical (unpaired) electrons. The van der Waals surface area contributed by atoms with Gasteiger partial charge in [0.15, 0.2) is 0 Å². The fourth-order valence-corrected chi connectivity index (χ4v) is 3.04. The highest BCUT2D eigenvalue weighted by atomic mass is 16.5. The molecule has 1 saturated heterocycles. The van der Waals surface area contributed by atoms with Gasteiger partial charge in [-0.25, -0.2) is 0 Å². The maximum atomic E-state index is 12.6. The zero-order chi connectivity index (χ0) is 18.2. The second-order valence-corrected chi connectivity index (χ2v) is 6.46. The molecule has 0 aromatic heterocycles. The van der Waals surface area contributed by atoms with Gasteiger partial charge in [0.1, 0.15) is 5.75 Å². The van der Waals surface area contributed by atoms with E-state index in [0.29, 0.717) is 43.9 Å². The van der Waals surface area contributed by atoms with E-state index >= 15 is 0 Å². The van der Waals surface area contributed by atoms with Gasteiger partial charge in [-0.15, -0.1) is 0 Å². The topological polar surface area (TPSA) is 53.1 Å². The minimum atomic E-state index is -0.00585. The Morgan fingerprint density at radius 2 is 1.80 bits per heavy atom. The van der Waals surface area contributed by atoms with Crippen molar-refractivity contribution in [2.24, 2.45) is 0 Å². The Bertz CT molecular complexity index is 583. The Balaban J connectivity index is 1.82. The molecule has 1 heterocycles. The van der Waals surface area contributed by atoms with Gasteiger partial charge in [0.2, 0.25) is 5.91 Å². The van der Waals surface area contributed by atoms with Crippen molar-refractivity contribution in [3.63, 3.8) is 0 Å². The third-order valence-corrected chi connectivity index (χ3v) is 4.55.